The molecule has 0 atom stereocenters. The maximum absolute atomic E-state index is 5.21. The van der Waals surface area contributed by atoms with Gasteiger partial charge in [0.15, 0.2) is 0 Å². The minimum atomic E-state index is 0.293. The van der Waals surface area contributed by atoms with Crippen LogP contribution in [-0.2, 0) is 11.3 Å². The van der Waals surface area contributed by atoms with Crippen molar-refractivity contribution in [2.75, 3.05) is 13.7 Å². The lowest BCUT2D eigenvalue weighted by molar-refractivity contribution is 0.153. The molecule has 0 bridgehead atoms. The highest BCUT2D eigenvalue weighted by Gasteiger charge is 2.32. The molecule has 0 unspecified atom stereocenters. The van der Waals surface area contributed by atoms with Gasteiger partial charge in [-0.2, -0.15) is 0 Å². The number of hydrogen-bond acceptors (Lipinski definition) is 3. The number of nitrogens with zero attached hydrogens (tertiary/aromatic N) is 1. The number of H-pyrrole nitrogens is 1. The molecule has 1 saturated carbocycles. The summed E-state index contributed by atoms with van der Waals surface area (Å²) in [6, 6.07) is 0. The molecule has 1 heterocycles. The van der Waals surface area contributed by atoms with Gasteiger partial charge < -0.3 is 15.0 Å². The van der Waals surface area contributed by atoms with Crippen molar-refractivity contribution in [2.45, 2.75) is 44.2 Å². The van der Waals surface area contributed by atoms with Crippen molar-refractivity contribution >= 4 is 0 Å². The molecule has 0 aromatic carbocycles. The van der Waals surface area contributed by atoms with Gasteiger partial charge in [-0.15, -0.1) is 0 Å². The van der Waals surface area contributed by atoms with Crippen LogP contribution in [0.15, 0.2) is 12.5 Å². The lowest BCUT2D eigenvalue weighted by Crippen LogP contribution is -2.43. The van der Waals surface area contributed by atoms with Gasteiger partial charge in [0, 0.05) is 37.7 Å². The Morgan fingerprint density at radius 3 is 2.94 bits per heavy atom. The third-order valence-corrected chi connectivity index (χ3v) is 3.55. The van der Waals surface area contributed by atoms with Gasteiger partial charge in [0.25, 0.3) is 0 Å². The van der Waals surface area contributed by atoms with Gasteiger partial charge in [-0.05, 0) is 19.3 Å². The molecular formula is C12H21N3O. The molecule has 1 aromatic rings. The van der Waals surface area contributed by atoms with Crippen molar-refractivity contribution < 1.29 is 4.74 Å². The fourth-order valence-electron chi connectivity index (χ4n) is 2.53. The van der Waals surface area contributed by atoms with Gasteiger partial charge in [-0.25, -0.2) is 4.98 Å². The van der Waals surface area contributed by atoms with Gasteiger partial charge in [-0.1, -0.05) is 12.8 Å². The van der Waals surface area contributed by atoms with Gasteiger partial charge >= 0.3 is 0 Å². The van der Waals surface area contributed by atoms with Gasteiger partial charge in [0.1, 0.15) is 0 Å². The average Bonchev–Trinajstić information content (AvgIpc) is 2.96. The zero-order valence-electron chi connectivity index (χ0n) is 9.96. The number of aromatic amines is 1. The second-order valence-corrected chi connectivity index (χ2v) is 4.66. The number of imidazole rings is 1. The number of hydrogen-bond donors (Lipinski definition) is 2. The summed E-state index contributed by atoms with van der Waals surface area (Å²) in [7, 11) is 1.78. The van der Waals surface area contributed by atoms with Gasteiger partial charge in [0.2, 0.25) is 0 Å². The molecule has 0 spiro atoms. The first-order valence-corrected chi connectivity index (χ1v) is 6.06. The molecule has 0 amide bonds. The van der Waals surface area contributed by atoms with E-state index in [0.717, 1.165) is 25.3 Å². The SMILES string of the molecule is COCCC1(NCc2cnc[nH]2)CCCC1. The lowest BCUT2D eigenvalue weighted by atomic mass is 9.93. The molecule has 16 heavy (non-hydrogen) atoms. The topological polar surface area (TPSA) is 49.9 Å². The second-order valence-electron chi connectivity index (χ2n) is 4.66. The highest BCUT2D eigenvalue weighted by Crippen LogP contribution is 2.32. The number of methoxy groups -OCH3 is 1. The zero-order valence-corrected chi connectivity index (χ0v) is 9.96. The molecule has 0 radical (unpaired) electrons. The summed E-state index contributed by atoms with van der Waals surface area (Å²) in [5.74, 6) is 0. The lowest BCUT2D eigenvalue weighted by Gasteiger charge is -2.30. The number of nitrogens with one attached hydrogen (secondary N) is 2. The predicted molar refractivity (Wildman–Crippen MR) is 63.1 cm³/mol. The van der Waals surface area contributed by atoms with Crippen molar-refractivity contribution in [3.05, 3.63) is 18.2 Å². The van der Waals surface area contributed by atoms with E-state index in [1.807, 2.05) is 6.20 Å². The van der Waals surface area contributed by atoms with Crippen molar-refractivity contribution in [1.82, 2.24) is 15.3 Å². The highest BCUT2D eigenvalue weighted by molar-refractivity contribution is 4.98. The molecule has 4 heteroatoms. The van der Waals surface area contributed by atoms with Crippen LogP contribution in [0.1, 0.15) is 37.8 Å². The number of rotatable bonds is 6. The van der Waals surface area contributed by atoms with E-state index < -0.39 is 0 Å². The summed E-state index contributed by atoms with van der Waals surface area (Å²) in [4.78, 5) is 7.16. The van der Waals surface area contributed by atoms with Gasteiger partial charge in [-0.3, -0.25) is 0 Å². The second kappa shape index (κ2) is 5.46. The maximum Gasteiger partial charge on any atom is 0.0922 e. The van der Waals surface area contributed by atoms with E-state index in [0.29, 0.717) is 5.54 Å². The number of ether oxygens (including phenoxy) is 1. The monoisotopic (exact) mass is 223 g/mol. The van der Waals surface area contributed by atoms with Crippen LogP contribution >= 0.6 is 0 Å². The molecule has 1 aliphatic rings. The quantitative estimate of drug-likeness (QED) is 0.773. The number of aromatic nitrogens is 2. The Bertz CT molecular complexity index is 291. The first kappa shape index (κ1) is 11.6. The van der Waals surface area contributed by atoms with E-state index in [2.05, 4.69) is 15.3 Å². The maximum atomic E-state index is 5.21. The summed E-state index contributed by atoms with van der Waals surface area (Å²) in [5, 5.41) is 3.68. The minimum absolute atomic E-state index is 0.293. The zero-order chi connectivity index (χ0) is 11.3. The Morgan fingerprint density at radius 2 is 2.31 bits per heavy atom. The van der Waals surface area contributed by atoms with Crippen LogP contribution in [0.3, 0.4) is 0 Å². The third-order valence-electron chi connectivity index (χ3n) is 3.55. The fraction of sp³-hybridized carbons (Fsp3) is 0.750. The molecule has 90 valence electrons. The van der Waals surface area contributed by atoms with Crippen LogP contribution in [0.4, 0.5) is 0 Å². The Labute approximate surface area is 96.8 Å². The van der Waals surface area contributed by atoms with Crippen molar-refractivity contribution in [3.8, 4) is 0 Å². The average molecular weight is 223 g/mol. The summed E-state index contributed by atoms with van der Waals surface area (Å²) < 4.78 is 5.21. The summed E-state index contributed by atoms with van der Waals surface area (Å²) >= 11 is 0. The van der Waals surface area contributed by atoms with Gasteiger partial charge in [0.05, 0.1) is 6.33 Å². The van der Waals surface area contributed by atoms with E-state index in [9.17, 15) is 0 Å². The molecule has 1 aromatic heterocycles. The Kier molecular flexibility index (Phi) is 3.96. The van der Waals surface area contributed by atoms with Crippen LogP contribution in [0.2, 0.25) is 0 Å². The van der Waals surface area contributed by atoms with Crippen LogP contribution < -0.4 is 5.32 Å². The minimum Gasteiger partial charge on any atom is -0.385 e. The summed E-state index contributed by atoms with van der Waals surface area (Å²) in [6.07, 6.45) is 9.92. The molecule has 0 aliphatic heterocycles. The van der Waals surface area contributed by atoms with E-state index in [4.69, 9.17) is 4.74 Å². The molecule has 1 fully saturated rings. The van der Waals surface area contributed by atoms with E-state index in [1.165, 1.54) is 25.7 Å². The molecule has 4 nitrogen and oxygen atoms in total. The molecular weight excluding hydrogens is 202 g/mol. The standard InChI is InChI=1S/C12H21N3O/c1-16-7-6-12(4-2-3-5-12)15-9-11-8-13-10-14-11/h8,10,15H,2-7,9H2,1H3,(H,13,14). The first-order valence-electron chi connectivity index (χ1n) is 6.06. The van der Waals surface area contributed by atoms with Crippen molar-refractivity contribution in [1.29, 1.82) is 0 Å². The Morgan fingerprint density at radius 1 is 1.50 bits per heavy atom. The smallest absolute Gasteiger partial charge is 0.0922 e. The van der Waals surface area contributed by atoms with E-state index in [-0.39, 0.29) is 0 Å². The van der Waals surface area contributed by atoms with Crippen LogP contribution in [0, 0.1) is 0 Å². The van der Waals surface area contributed by atoms with Crippen molar-refractivity contribution in [2.24, 2.45) is 0 Å². The summed E-state index contributed by atoms with van der Waals surface area (Å²) in [5.41, 5.74) is 1.45. The van der Waals surface area contributed by atoms with E-state index in [1.54, 1.807) is 13.4 Å². The molecule has 2 N–H and O–H groups in total. The molecule has 1 aliphatic carbocycles. The van der Waals surface area contributed by atoms with Crippen LogP contribution in [0.5, 0.6) is 0 Å². The third kappa shape index (κ3) is 2.83. The Hall–Kier alpha value is -0.870. The summed E-state index contributed by atoms with van der Waals surface area (Å²) in [6.45, 7) is 1.72. The van der Waals surface area contributed by atoms with E-state index >= 15 is 0 Å². The highest BCUT2D eigenvalue weighted by atomic mass is 16.5. The normalized spacial score (nSPS) is 19.1. The van der Waals surface area contributed by atoms with Crippen molar-refractivity contribution in [3.63, 3.8) is 0 Å². The van der Waals surface area contributed by atoms with Crippen LogP contribution in [-0.4, -0.2) is 29.2 Å². The fourth-order valence-corrected chi connectivity index (χ4v) is 2.53. The molecule has 2 rings (SSSR count). The largest absolute Gasteiger partial charge is 0.385 e. The van der Waals surface area contributed by atoms with Crippen LogP contribution in [0.25, 0.3) is 0 Å². The molecule has 0 saturated heterocycles. The first-order chi connectivity index (χ1) is 7.85. The predicted octanol–water partition coefficient (Wildman–Crippen LogP) is 1.85. The Balaban J connectivity index is 1.87.